The molecule has 5 nitrogen and oxygen atoms in total. The summed E-state index contributed by atoms with van der Waals surface area (Å²) in [6.07, 6.45) is 7.98. The average Bonchev–Trinajstić information content (AvgIpc) is 3.28. The monoisotopic (exact) mass is 452 g/mol. The summed E-state index contributed by atoms with van der Waals surface area (Å²) in [5, 5.41) is 10.4. The molecule has 3 aliphatic rings. The van der Waals surface area contributed by atoms with Gasteiger partial charge in [0.1, 0.15) is 5.84 Å². The van der Waals surface area contributed by atoms with E-state index in [2.05, 4.69) is 66.5 Å². The molecule has 5 heteroatoms. The zero-order valence-electron chi connectivity index (χ0n) is 20.3. The van der Waals surface area contributed by atoms with Gasteiger partial charge in [-0.25, -0.2) is 14.9 Å². The van der Waals surface area contributed by atoms with Crippen LogP contribution >= 0.6 is 0 Å². The predicted molar refractivity (Wildman–Crippen MR) is 134 cm³/mol. The van der Waals surface area contributed by atoms with Crippen LogP contribution in [-0.2, 0) is 29.8 Å². The second-order valence-corrected chi connectivity index (χ2v) is 10.2. The SMILES string of the molecule is CCC(C)C1=NC2(ON1C)c1cc(-c3cccnn3)ccc1CC21CCc2ccccc2CC1. The number of hydrogen-bond acceptors (Lipinski definition) is 5. The summed E-state index contributed by atoms with van der Waals surface area (Å²) in [7, 11) is 2.03. The van der Waals surface area contributed by atoms with Crippen LogP contribution in [-0.4, -0.2) is 28.1 Å². The lowest BCUT2D eigenvalue weighted by Gasteiger charge is -2.40. The smallest absolute Gasteiger partial charge is 0.218 e. The lowest BCUT2D eigenvalue weighted by molar-refractivity contribution is -0.225. The van der Waals surface area contributed by atoms with E-state index >= 15 is 0 Å². The highest BCUT2D eigenvalue weighted by atomic mass is 16.7. The molecule has 1 aliphatic heterocycles. The fraction of sp³-hybridized carbons (Fsp3) is 0.414. The molecule has 0 saturated carbocycles. The first-order chi connectivity index (χ1) is 16.6. The Morgan fingerprint density at radius 3 is 2.44 bits per heavy atom. The first-order valence-electron chi connectivity index (χ1n) is 12.6. The van der Waals surface area contributed by atoms with Crippen LogP contribution in [0.2, 0.25) is 0 Å². The summed E-state index contributed by atoms with van der Waals surface area (Å²) in [6, 6.07) is 19.6. The molecule has 0 bridgehead atoms. The van der Waals surface area contributed by atoms with E-state index in [9.17, 15) is 0 Å². The highest BCUT2D eigenvalue weighted by Crippen LogP contribution is 2.61. The van der Waals surface area contributed by atoms with Crippen molar-refractivity contribution in [3.63, 3.8) is 0 Å². The summed E-state index contributed by atoms with van der Waals surface area (Å²) in [4.78, 5) is 12.4. The van der Waals surface area contributed by atoms with Gasteiger partial charge in [-0.2, -0.15) is 10.2 Å². The van der Waals surface area contributed by atoms with Crippen LogP contribution in [0.25, 0.3) is 11.3 Å². The molecular formula is C29H32N4O. The highest BCUT2D eigenvalue weighted by Gasteiger charge is 2.62. The van der Waals surface area contributed by atoms with Crippen molar-refractivity contribution >= 4 is 5.84 Å². The van der Waals surface area contributed by atoms with Crippen molar-refractivity contribution in [1.29, 1.82) is 0 Å². The van der Waals surface area contributed by atoms with E-state index in [1.54, 1.807) is 6.20 Å². The third-order valence-electron chi connectivity index (χ3n) is 8.37. The number of aryl methyl sites for hydroxylation is 2. The number of hydroxylamine groups is 2. The standard InChI is InChI=1S/C29H32N4O/c1-4-20(2)27-31-29(34-33(27)3)25-18-23(26-10-7-17-30-32-26)11-12-24(25)19-28(29)15-13-21-8-5-6-9-22(21)14-16-28/h5-12,17-18,20H,4,13-16,19H2,1-3H3. The number of aliphatic imine (C=N–C) groups is 1. The van der Waals surface area contributed by atoms with Crippen LogP contribution in [0.1, 0.15) is 55.4 Å². The van der Waals surface area contributed by atoms with Gasteiger partial charge < -0.3 is 0 Å². The van der Waals surface area contributed by atoms with Crippen LogP contribution in [0.15, 0.2) is 65.8 Å². The second-order valence-electron chi connectivity index (χ2n) is 10.2. The fourth-order valence-corrected chi connectivity index (χ4v) is 6.29. The minimum atomic E-state index is -0.698. The zero-order chi connectivity index (χ0) is 23.3. The van der Waals surface area contributed by atoms with Gasteiger partial charge in [0.25, 0.3) is 0 Å². The topological polar surface area (TPSA) is 50.6 Å². The third kappa shape index (κ3) is 3.13. The molecular weight excluding hydrogens is 420 g/mol. The first-order valence-corrected chi connectivity index (χ1v) is 12.6. The summed E-state index contributed by atoms with van der Waals surface area (Å²) < 4.78 is 0. The molecule has 2 aromatic carbocycles. The van der Waals surface area contributed by atoms with Gasteiger partial charge in [-0.05, 0) is 73.4 Å². The fourth-order valence-electron chi connectivity index (χ4n) is 6.29. The number of nitrogens with zero attached hydrogens (tertiary/aromatic N) is 4. The molecule has 0 radical (unpaired) electrons. The van der Waals surface area contributed by atoms with Crippen molar-refractivity contribution in [3.05, 3.63) is 83.0 Å². The Morgan fingerprint density at radius 2 is 1.76 bits per heavy atom. The van der Waals surface area contributed by atoms with Crippen LogP contribution in [0.3, 0.4) is 0 Å². The number of benzene rings is 2. The molecule has 0 fully saturated rings. The first kappa shape index (κ1) is 21.5. The molecule has 6 rings (SSSR count). The lowest BCUT2D eigenvalue weighted by Crippen LogP contribution is -2.43. The summed E-state index contributed by atoms with van der Waals surface area (Å²) in [5.41, 5.74) is 6.67. The molecule has 2 unspecified atom stereocenters. The third-order valence-corrected chi connectivity index (χ3v) is 8.37. The summed E-state index contributed by atoms with van der Waals surface area (Å²) in [5.74, 6) is 1.40. The lowest BCUT2D eigenvalue weighted by atomic mass is 9.71. The van der Waals surface area contributed by atoms with E-state index in [1.807, 2.05) is 24.2 Å². The van der Waals surface area contributed by atoms with Crippen LogP contribution < -0.4 is 0 Å². The Morgan fingerprint density at radius 1 is 1.00 bits per heavy atom. The van der Waals surface area contributed by atoms with Gasteiger partial charge in [0, 0.05) is 35.7 Å². The Hall–Kier alpha value is -3.05. The van der Waals surface area contributed by atoms with E-state index in [0.29, 0.717) is 5.92 Å². The molecule has 2 spiro atoms. The van der Waals surface area contributed by atoms with E-state index < -0.39 is 5.72 Å². The maximum atomic E-state index is 6.90. The molecule has 2 heterocycles. The van der Waals surface area contributed by atoms with E-state index in [0.717, 1.165) is 55.6 Å². The Labute approximate surface area is 201 Å². The summed E-state index contributed by atoms with van der Waals surface area (Å²) in [6.45, 7) is 4.47. The van der Waals surface area contributed by atoms with Crippen LogP contribution in [0.5, 0.6) is 0 Å². The summed E-state index contributed by atoms with van der Waals surface area (Å²) >= 11 is 0. The van der Waals surface area contributed by atoms with Crippen molar-refractivity contribution in [2.24, 2.45) is 16.3 Å². The molecule has 34 heavy (non-hydrogen) atoms. The molecule has 2 atom stereocenters. The molecule has 174 valence electrons. The maximum Gasteiger partial charge on any atom is 0.218 e. The van der Waals surface area contributed by atoms with Gasteiger partial charge in [-0.15, -0.1) is 0 Å². The quantitative estimate of drug-likeness (QED) is 0.508. The van der Waals surface area contributed by atoms with Crippen molar-refractivity contribution < 1.29 is 4.84 Å². The van der Waals surface area contributed by atoms with Crippen LogP contribution in [0, 0.1) is 11.3 Å². The highest BCUT2D eigenvalue weighted by molar-refractivity contribution is 5.85. The predicted octanol–water partition coefficient (Wildman–Crippen LogP) is 5.74. The second kappa shape index (κ2) is 8.02. The number of fused-ring (bicyclic) bond motifs is 4. The van der Waals surface area contributed by atoms with Crippen molar-refractivity contribution in [3.8, 4) is 11.3 Å². The Kier molecular flexibility index (Phi) is 5.07. The normalized spacial score (nSPS) is 23.5. The van der Waals surface area contributed by atoms with Gasteiger partial charge >= 0.3 is 0 Å². The number of amidine groups is 1. The van der Waals surface area contributed by atoms with Gasteiger partial charge in [-0.3, -0.25) is 0 Å². The van der Waals surface area contributed by atoms with Crippen LogP contribution in [0.4, 0.5) is 0 Å². The number of hydrogen-bond donors (Lipinski definition) is 0. The van der Waals surface area contributed by atoms with E-state index in [-0.39, 0.29) is 5.41 Å². The van der Waals surface area contributed by atoms with Gasteiger partial charge in [0.15, 0.2) is 0 Å². The maximum absolute atomic E-state index is 6.90. The molecule has 1 aromatic heterocycles. The number of rotatable bonds is 3. The van der Waals surface area contributed by atoms with Gasteiger partial charge in [-0.1, -0.05) is 50.2 Å². The molecule has 0 N–H and O–H groups in total. The van der Waals surface area contributed by atoms with Crippen molar-refractivity contribution in [2.45, 2.75) is 58.1 Å². The van der Waals surface area contributed by atoms with Crippen molar-refractivity contribution in [2.75, 3.05) is 7.05 Å². The Bertz CT molecular complexity index is 1230. The zero-order valence-corrected chi connectivity index (χ0v) is 20.3. The molecule has 3 aromatic rings. The van der Waals surface area contributed by atoms with Crippen molar-refractivity contribution in [1.82, 2.24) is 15.3 Å². The molecule has 0 saturated heterocycles. The van der Waals surface area contributed by atoms with Gasteiger partial charge in [0.2, 0.25) is 5.72 Å². The molecule has 0 amide bonds. The minimum Gasteiger partial charge on any atom is -0.240 e. The number of aromatic nitrogens is 2. The minimum absolute atomic E-state index is 0.0845. The average molecular weight is 453 g/mol. The van der Waals surface area contributed by atoms with Gasteiger partial charge in [0.05, 0.1) is 5.69 Å². The Balaban J connectivity index is 1.51. The van der Waals surface area contributed by atoms with E-state index in [1.165, 1.54) is 22.3 Å². The molecule has 2 aliphatic carbocycles. The largest absolute Gasteiger partial charge is 0.240 e. The van der Waals surface area contributed by atoms with E-state index in [4.69, 9.17) is 9.83 Å².